The molecule has 0 spiro atoms. The van der Waals surface area contributed by atoms with Gasteiger partial charge in [-0.15, -0.1) is 0 Å². The summed E-state index contributed by atoms with van der Waals surface area (Å²) in [4.78, 5) is 1.59. The fraction of sp³-hybridized carbons (Fsp3) is 0.294. The number of piperazine rings is 1. The summed E-state index contributed by atoms with van der Waals surface area (Å²) in [5, 5.41) is 9.35. The molecule has 1 heterocycles. The topological polar surface area (TPSA) is 62.0 Å². The van der Waals surface area contributed by atoms with E-state index in [-0.39, 0.29) is 18.2 Å². The second-order valence-corrected chi connectivity index (χ2v) is 7.81. The zero-order valence-corrected chi connectivity index (χ0v) is 15.0. The SMILES string of the molecule is Cc1ccc(S(=O)(=O)N2CC[NH+](c3ccc(O)cc3)CC2)cc1.[Cl-]. The van der Waals surface area contributed by atoms with Crippen LogP contribution in [0.25, 0.3) is 0 Å². The van der Waals surface area contributed by atoms with Gasteiger partial charge in [-0.25, -0.2) is 8.42 Å². The van der Waals surface area contributed by atoms with Crippen LogP contribution < -0.4 is 17.3 Å². The predicted molar refractivity (Wildman–Crippen MR) is 88.4 cm³/mol. The summed E-state index contributed by atoms with van der Waals surface area (Å²) < 4.78 is 26.9. The standard InChI is InChI=1S/C17H20N2O3S.ClH/c1-14-2-8-17(9-3-14)23(21,22)19-12-10-18(11-13-19)15-4-6-16(20)7-5-15;/h2-9,20H,10-13H2,1H3;1H. The first kappa shape index (κ1) is 18.7. The Bertz CT molecular complexity index is 768. The lowest BCUT2D eigenvalue weighted by molar-refractivity contribution is -0.837. The van der Waals surface area contributed by atoms with Crippen LogP contribution in [0, 0.1) is 6.92 Å². The third-order valence-corrected chi connectivity index (χ3v) is 6.17. The maximum atomic E-state index is 12.7. The van der Waals surface area contributed by atoms with Crippen LogP contribution in [0.4, 0.5) is 5.69 Å². The number of hydrogen-bond acceptors (Lipinski definition) is 3. The van der Waals surface area contributed by atoms with Crippen LogP contribution in [0.1, 0.15) is 5.56 Å². The Labute approximate surface area is 149 Å². The molecule has 0 unspecified atom stereocenters. The molecule has 0 saturated carbocycles. The van der Waals surface area contributed by atoms with Crippen molar-refractivity contribution in [1.29, 1.82) is 0 Å². The molecule has 2 aromatic rings. The lowest BCUT2D eigenvalue weighted by atomic mass is 10.2. The van der Waals surface area contributed by atoms with E-state index in [1.807, 2.05) is 31.2 Å². The van der Waals surface area contributed by atoms with Gasteiger partial charge in [0.2, 0.25) is 10.0 Å². The van der Waals surface area contributed by atoms with Gasteiger partial charge < -0.3 is 22.4 Å². The van der Waals surface area contributed by atoms with Crippen LogP contribution in [0.2, 0.25) is 0 Å². The van der Waals surface area contributed by atoms with Gasteiger partial charge in [-0.2, -0.15) is 4.31 Å². The predicted octanol–water partition coefficient (Wildman–Crippen LogP) is -2.07. The van der Waals surface area contributed by atoms with Crippen molar-refractivity contribution in [3.63, 3.8) is 0 Å². The molecular formula is C17H21ClN2O3S. The number of benzene rings is 2. The van der Waals surface area contributed by atoms with Crippen molar-refractivity contribution in [1.82, 2.24) is 4.31 Å². The highest BCUT2D eigenvalue weighted by atomic mass is 35.5. The summed E-state index contributed by atoms with van der Waals surface area (Å²) in [6.07, 6.45) is 0. The maximum absolute atomic E-state index is 12.7. The fourth-order valence-electron chi connectivity index (χ4n) is 2.84. The molecule has 0 amide bonds. The van der Waals surface area contributed by atoms with Gasteiger partial charge >= 0.3 is 0 Å². The molecule has 1 aliphatic heterocycles. The number of aryl methyl sites for hydroxylation is 1. The number of aromatic hydroxyl groups is 1. The molecular weight excluding hydrogens is 348 g/mol. The summed E-state index contributed by atoms with van der Waals surface area (Å²) in [6.45, 7) is 4.36. The van der Waals surface area contributed by atoms with Crippen molar-refractivity contribution < 1.29 is 30.8 Å². The van der Waals surface area contributed by atoms with E-state index in [0.717, 1.165) is 24.3 Å². The maximum Gasteiger partial charge on any atom is 0.243 e. The Morgan fingerprint density at radius 3 is 2.04 bits per heavy atom. The van der Waals surface area contributed by atoms with Crippen LogP contribution in [0.5, 0.6) is 5.75 Å². The summed E-state index contributed by atoms with van der Waals surface area (Å²) in [5.41, 5.74) is 2.13. The summed E-state index contributed by atoms with van der Waals surface area (Å²) in [7, 11) is -3.41. The van der Waals surface area contributed by atoms with E-state index in [1.54, 1.807) is 28.6 Å². The van der Waals surface area contributed by atoms with Crippen molar-refractivity contribution in [2.75, 3.05) is 26.2 Å². The average Bonchev–Trinajstić information content (AvgIpc) is 2.56. The average molecular weight is 369 g/mol. The molecule has 0 aliphatic carbocycles. The molecule has 24 heavy (non-hydrogen) atoms. The second kappa shape index (κ2) is 7.53. The first-order valence-electron chi connectivity index (χ1n) is 7.68. The molecule has 3 rings (SSSR count). The molecule has 2 aromatic carbocycles. The van der Waals surface area contributed by atoms with Crippen LogP contribution in [-0.2, 0) is 10.0 Å². The number of hydrogen-bond donors (Lipinski definition) is 2. The van der Waals surface area contributed by atoms with Crippen molar-refractivity contribution in [2.24, 2.45) is 0 Å². The van der Waals surface area contributed by atoms with E-state index in [1.165, 1.54) is 4.90 Å². The zero-order valence-electron chi connectivity index (χ0n) is 13.4. The quantitative estimate of drug-likeness (QED) is 0.612. The number of rotatable bonds is 3. The molecule has 5 nitrogen and oxygen atoms in total. The van der Waals surface area contributed by atoms with Gasteiger partial charge in [-0.1, -0.05) is 17.7 Å². The highest BCUT2D eigenvalue weighted by molar-refractivity contribution is 7.89. The van der Waals surface area contributed by atoms with E-state index < -0.39 is 10.0 Å². The van der Waals surface area contributed by atoms with Crippen molar-refractivity contribution in [2.45, 2.75) is 11.8 Å². The van der Waals surface area contributed by atoms with Gasteiger partial charge in [0.15, 0.2) is 0 Å². The number of nitrogens with one attached hydrogen (secondary N) is 1. The Hall–Kier alpha value is -1.60. The first-order chi connectivity index (χ1) is 11.0. The molecule has 0 atom stereocenters. The van der Waals surface area contributed by atoms with Gasteiger partial charge in [-0.05, 0) is 31.2 Å². The van der Waals surface area contributed by atoms with Crippen LogP contribution >= 0.6 is 0 Å². The van der Waals surface area contributed by atoms with Gasteiger partial charge in [0.1, 0.15) is 11.4 Å². The van der Waals surface area contributed by atoms with Crippen LogP contribution in [0.3, 0.4) is 0 Å². The Balaban J connectivity index is 0.00000208. The molecule has 130 valence electrons. The van der Waals surface area contributed by atoms with Gasteiger partial charge in [0.05, 0.1) is 31.1 Å². The molecule has 0 radical (unpaired) electrons. The monoisotopic (exact) mass is 368 g/mol. The number of sulfonamides is 1. The van der Waals surface area contributed by atoms with Gasteiger partial charge in [-0.3, -0.25) is 0 Å². The fourth-order valence-corrected chi connectivity index (χ4v) is 4.28. The molecule has 1 fully saturated rings. The molecule has 7 heteroatoms. The highest BCUT2D eigenvalue weighted by Gasteiger charge is 2.30. The number of nitrogens with zero attached hydrogens (tertiary/aromatic N) is 1. The number of quaternary nitrogens is 1. The number of phenolic OH excluding ortho intramolecular Hbond substituents is 1. The molecule has 1 saturated heterocycles. The number of halogens is 1. The lowest BCUT2D eigenvalue weighted by Gasteiger charge is -2.31. The minimum absolute atomic E-state index is 0. The minimum atomic E-state index is -3.41. The minimum Gasteiger partial charge on any atom is -1.00 e. The van der Waals surface area contributed by atoms with Crippen molar-refractivity contribution in [3.8, 4) is 5.75 Å². The van der Waals surface area contributed by atoms with Crippen molar-refractivity contribution in [3.05, 3.63) is 54.1 Å². The molecule has 0 bridgehead atoms. The van der Waals surface area contributed by atoms with Crippen LogP contribution in [0.15, 0.2) is 53.4 Å². The third kappa shape index (κ3) is 3.89. The summed E-state index contributed by atoms with van der Waals surface area (Å²) in [5.74, 6) is 0.244. The Morgan fingerprint density at radius 2 is 1.50 bits per heavy atom. The van der Waals surface area contributed by atoms with Gasteiger partial charge in [0, 0.05) is 12.1 Å². The molecule has 2 N–H and O–H groups in total. The smallest absolute Gasteiger partial charge is 0.243 e. The normalized spacial score (nSPS) is 16.5. The summed E-state index contributed by atoms with van der Waals surface area (Å²) >= 11 is 0. The summed E-state index contributed by atoms with van der Waals surface area (Å²) in [6, 6.07) is 14.1. The lowest BCUT2D eigenvalue weighted by Crippen LogP contribution is -3.10. The Kier molecular flexibility index (Phi) is 5.87. The highest BCUT2D eigenvalue weighted by Crippen LogP contribution is 2.17. The van der Waals surface area contributed by atoms with E-state index in [0.29, 0.717) is 18.0 Å². The third-order valence-electron chi connectivity index (χ3n) is 4.26. The molecule has 1 aliphatic rings. The van der Waals surface area contributed by atoms with E-state index in [4.69, 9.17) is 0 Å². The second-order valence-electron chi connectivity index (χ2n) is 5.87. The van der Waals surface area contributed by atoms with E-state index in [9.17, 15) is 13.5 Å². The van der Waals surface area contributed by atoms with E-state index in [2.05, 4.69) is 0 Å². The van der Waals surface area contributed by atoms with Gasteiger partial charge in [0.25, 0.3) is 0 Å². The number of phenols is 1. The van der Waals surface area contributed by atoms with Crippen molar-refractivity contribution >= 4 is 15.7 Å². The Morgan fingerprint density at radius 1 is 0.958 bits per heavy atom. The van der Waals surface area contributed by atoms with E-state index >= 15 is 0 Å². The first-order valence-corrected chi connectivity index (χ1v) is 9.12. The zero-order chi connectivity index (χ0) is 16.4. The molecule has 0 aromatic heterocycles. The largest absolute Gasteiger partial charge is 1.00 e. The van der Waals surface area contributed by atoms with Crippen LogP contribution in [-0.4, -0.2) is 44.0 Å².